The molecule has 3 rings (SSSR count). The van der Waals surface area contributed by atoms with Gasteiger partial charge < -0.3 is 9.73 Å². The van der Waals surface area contributed by atoms with Crippen LogP contribution in [0.5, 0.6) is 0 Å². The summed E-state index contributed by atoms with van der Waals surface area (Å²) in [6.45, 7) is 8.93. The van der Waals surface area contributed by atoms with Crippen LogP contribution >= 0.6 is 0 Å². The quantitative estimate of drug-likeness (QED) is 0.894. The largest absolute Gasteiger partial charge is 0.465 e. The number of hydrogen-bond acceptors (Lipinski definition) is 4. The second-order valence-corrected chi connectivity index (χ2v) is 5.89. The molecule has 1 aromatic rings. The fourth-order valence-corrected chi connectivity index (χ4v) is 3.45. The maximum Gasteiger partial charge on any atom is 0.118 e. The first-order valence-corrected chi connectivity index (χ1v) is 7.45. The fraction of sp³-hybridized carbons (Fsp3) is 0.733. The van der Waals surface area contributed by atoms with E-state index in [1.807, 2.05) is 7.05 Å². The zero-order chi connectivity index (χ0) is 13.2. The zero-order valence-electron chi connectivity index (χ0n) is 12.1. The predicted octanol–water partition coefficient (Wildman–Crippen LogP) is 1.59. The summed E-state index contributed by atoms with van der Waals surface area (Å²) in [7, 11) is 1.96. The van der Waals surface area contributed by atoms with Crippen molar-refractivity contribution < 1.29 is 4.42 Å². The first-order chi connectivity index (χ1) is 9.26. The summed E-state index contributed by atoms with van der Waals surface area (Å²) in [5, 5.41) is 3.14. The van der Waals surface area contributed by atoms with Gasteiger partial charge in [-0.25, -0.2) is 0 Å². The molecule has 4 heteroatoms. The highest BCUT2D eigenvalue weighted by atomic mass is 16.3. The van der Waals surface area contributed by atoms with Gasteiger partial charge >= 0.3 is 0 Å². The Balaban J connectivity index is 1.61. The Morgan fingerprint density at radius 3 is 3.11 bits per heavy atom. The average Bonchev–Trinajstić information content (AvgIpc) is 2.97. The van der Waals surface area contributed by atoms with E-state index < -0.39 is 0 Å². The summed E-state index contributed by atoms with van der Waals surface area (Å²) in [4.78, 5) is 5.25. The first kappa shape index (κ1) is 13.2. The van der Waals surface area contributed by atoms with Gasteiger partial charge in [0.25, 0.3) is 0 Å². The lowest BCUT2D eigenvalue weighted by molar-refractivity contribution is 0.0990. The van der Waals surface area contributed by atoms with Crippen LogP contribution in [0.25, 0.3) is 0 Å². The molecule has 1 unspecified atom stereocenters. The third kappa shape index (κ3) is 2.86. The fourth-order valence-electron chi connectivity index (χ4n) is 3.45. The van der Waals surface area contributed by atoms with E-state index in [1.54, 1.807) is 0 Å². The van der Waals surface area contributed by atoms with Crippen LogP contribution in [0.1, 0.15) is 29.9 Å². The van der Waals surface area contributed by atoms with E-state index in [2.05, 4.69) is 28.1 Å². The molecule has 1 N–H and O–H groups in total. The van der Waals surface area contributed by atoms with Gasteiger partial charge in [0, 0.05) is 37.8 Å². The van der Waals surface area contributed by atoms with Crippen molar-refractivity contribution in [2.24, 2.45) is 0 Å². The number of aryl methyl sites for hydroxylation is 1. The maximum absolute atomic E-state index is 5.78. The molecule has 0 aromatic carbocycles. The Bertz CT molecular complexity index is 429. The van der Waals surface area contributed by atoms with Gasteiger partial charge in [-0.1, -0.05) is 0 Å². The van der Waals surface area contributed by atoms with Gasteiger partial charge in [0.15, 0.2) is 0 Å². The Morgan fingerprint density at radius 2 is 2.26 bits per heavy atom. The summed E-state index contributed by atoms with van der Waals surface area (Å²) < 4.78 is 5.78. The first-order valence-electron chi connectivity index (χ1n) is 7.45. The molecule has 0 aliphatic carbocycles. The minimum atomic E-state index is 0.803. The van der Waals surface area contributed by atoms with Crippen LogP contribution in [0.4, 0.5) is 0 Å². The van der Waals surface area contributed by atoms with Gasteiger partial charge in [0.2, 0.25) is 0 Å². The molecule has 0 spiro atoms. The van der Waals surface area contributed by atoms with Gasteiger partial charge in [0.1, 0.15) is 11.5 Å². The topological polar surface area (TPSA) is 31.6 Å². The van der Waals surface area contributed by atoms with Crippen LogP contribution in [0.15, 0.2) is 10.5 Å². The van der Waals surface area contributed by atoms with Crippen molar-refractivity contribution in [2.45, 2.75) is 38.9 Å². The Morgan fingerprint density at radius 1 is 1.37 bits per heavy atom. The summed E-state index contributed by atoms with van der Waals surface area (Å²) in [6, 6.07) is 3.02. The SMILES string of the molecule is CNCc1cc(CN2CCN3CCCC3C2)c(C)o1. The number of fused-ring (bicyclic) bond motifs is 1. The highest BCUT2D eigenvalue weighted by molar-refractivity contribution is 5.21. The second kappa shape index (κ2) is 5.65. The minimum absolute atomic E-state index is 0.803. The van der Waals surface area contributed by atoms with Gasteiger partial charge in [-0.2, -0.15) is 0 Å². The Kier molecular flexibility index (Phi) is 3.91. The molecule has 2 aliphatic rings. The zero-order valence-corrected chi connectivity index (χ0v) is 12.1. The molecule has 1 aromatic heterocycles. The van der Waals surface area contributed by atoms with E-state index in [4.69, 9.17) is 4.42 Å². The van der Waals surface area contributed by atoms with E-state index in [0.717, 1.165) is 30.7 Å². The molecular weight excluding hydrogens is 238 g/mol. The van der Waals surface area contributed by atoms with Crippen LogP contribution in [0.3, 0.4) is 0 Å². The van der Waals surface area contributed by atoms with Crippen molar-refractivity contribution in [3.8, 4) is 0 Å². The van der Waals surface area contributed by atoms with Crippen molar-refractivity contribution in [2.75, 3.05) is 33.2 Å². The number of nitrogens with zero attached hydrogens (tertiary/aromatic N) is 2. The molecular formula is C15H25N3O. The third-order valence-corrected chi connectivity index (χ3v) is 4.49. The van der Waals surface area contributed by atoms with Crippen molar-refractivity contribution in [1.82, 2.24) is 15.1 Å². The molecule has 0 radical (unpaired) electrons. The molecule has 0 bridgehead atoms. The van der Waals surface area contributed by atoms with Crippen molar-refractivity contribution in [3.05, 3.63) is 23.2 Å². The van der Waals surface area contributed by atoms with E-state index >= 15 is 0 Å². The number of furan rings is 1. The van der Waals surface area contributed by atoms with Crippen molar-refractivity contribution >= 4 is 0 Å². The molecule has 0 amide bonds. The minimum Gasteiger partial charge on any atom is -0.465 e. The number of piperazine rings is 1. The normalized spacial score (nSPS) is 24.8. The molecule has 19 heavy (non-hydrogen) atoms. The van der Waals surface area contributed by atoms with E-state index in [9.17, 15) is 0 Å². The average molecular weight is 263 g/mol. The van der Waals surface area contributed by atoms with Crippen molar-refractivity contribution in [1.29, 1.82) is 0 Å². The van der Waals surface area contributed by atoms with Gasteiger partial charge in [-0.3, -0.25) is 9.80 Å². The third-order valence-electron chi connectivity index (χ3n) is 4.49. The van der Waals surface area contributed by atoms with Gasteiger partial charge in [0.05, 0.1) is 6.54 Å². The lowest BCUT2D eigenvalue weighted by atomic mass is 10.1. The van der Waals surface area contributed by atoms with E-state index in [-0.39, 0.29) is 0 Å². The van der Waals surface area contributed by atoms with Crippen LogP contribution in [0.2, 0.25) is 0 Å². The summed E-state index contributed by atoms with van der Waals surface area (Å²) in [5.74, 6) is 2.13. The smallest absolute Gasteiger partial charge is 0.118 e. The highest BCUT2D eigenvalue weighted by Gasteiger charge is 2.30. The molecule has 0 saturated carbocycles. The van der Waals surface area contributed by atoms with Crippen LogP contribution in [-0.4, -0.2) is 49.1 Å². The van der Waals surface area contributed by atoms with Crippen LogP contribution < -0.4 is 5.32 Å². The Hall–Kier alpha value is -0.840. The molecule has 3 heterocycles. The predicted molar refractivity (Wildman–Crippen MR) is 76.1 cm³/mol. The molecule has 2 saturated heterocycles. The summed E-state index contributed by atoms with van der Waals surface area (Å²) in [5.41, 5.74) is 1.36. The van der Waals surface area contributed by atoms with Gasteiger partial charge in [-0.15, -0.1) is 0 Å². The van der Waals surface area contributed by atoms with Gasteiger partial charge in [-0.05, 0) is 39.4 Å². The molecule has 2 fully saturated rings. The summed E-state index contributed by atoms with van der Waals surface area (Å²) in [6.07, 6.45) is 2.77. The molecule has 1 atom stereocenters. The number of rotatable bonds is 4. The van der Waals surface area contributed by atoms with Crippen LogP contribution in [-0.2, 0) is 13.1 Å². The number of hydrogen-bond donors (Lipinski definition) is 1. The summed E-state index contributed by atoms with van der Waals surface area (Å²) >= 11 is 0. The molecule has 4 nitrogen and oxygen atoms in total. The highest BCUT2D eigenvalue weighted by Crippen LogP contribution is 2.24. The van der Waals surface area contributed by atoms with E-state index in [1.165, 1.54) is 44.6 Å². The van der Waals surface area contributed by atoms with Crippen molar-refractivity contribution in [3.63, 3.8) is 0 Å². The number of nitrogens with one attached hydrogen (secondary N) is 1. The standard InChI is InChI=1S/C15H25N3O/c1-12-13(8-15(19-12)9-16-2)10-17-6-7-18-5-3-4-14(18)11-17/h8,14,16H,3-7,9-11H2,1-2H3. The van der Waals surface area contributed by atoms with Crippen LogP contribution in [0, 0.1) is 6.92 Å². The lowest BCUT2D eigenvalue weighted by Crippen LogP contribution is -2.49. The van der Waals surface area contributed by atoms with E-state index in [0.29, 0.717) is 0 Å². The molecule has 2 aliphatic heterocycles. The Labute approximate surface area is 115 Å². The lowest BCUT2D eigenvalue weighted by Gasteiger charge is -2.37. The second-order valence-electron chi connectivity index (χ2n) is 5.89. The maximum atomic E-state index is 5.78. The monoisotopic (exact) mass is 263 g/mol. The molecule has 106 valence electrons.